The van der Waals surface area contributed by atoms with Gasteiger partial charge >= 0.3 is 0 Å². The molecule has 7 nitrogen and oxygen atoms in total. The van der Waals surface area contributed by atoms with E-state index in [9.17, 15) is 4.79 Å². The maximum absolute atomic E-state index is 12.6. The predicted octanol–water partition coefficient (Wildman–Crippen LogP) is 4.23. The summed E-state index contributed by atoms with van der Waals surface area (Å²) in [7, 11) is 1.55. The largest absolute Gasteiger partial charge is 0.497 e. The molecule has 2 aromatic heterocycles. The van der Waals surface area contributed by atoms with E-state index in [0.29, 0.717) is 28.3 Å². The Balaban J connectivity index is 1.61. The molecule has 0 aliphatic heterocycles. The summed E-state index contributed by atoms with van der Waals surface area (Å²) in [6, 6.07) is 24.1. The van der Waals surface area contributed by atoms with Crippen LogP contribution in [0.5, 0.6) is 5.75 Å². The molecule has 5 rings (SSSR count). The summed E-state index contributed by atoms with van der Waals surface area (Å²) >= 11 is 0. The number of fused-ring (bicyclic) bond motifs is 2. The Morgan fingerprint density at radius 2 is 1.87 bits per heavy atom. The average Bonchev–Trinajstić information content (AvgIpc) is 3.26. The van der Waals surface area contributed by atoms with Crippen LogP contribution in [0.4, 0.5) is 0 Å². The second-order valence-corrected chi connectivity index (χ2v) is 6.89. The van der Waals surface area contributed by atoms with Crippen molar-refractivity contribution in [3.05, 3.63) is 90.0 Å². The number of rotatable bonds is 4. The maximum atomic E-state index is 12.6. The van der Waals surface area contributed by atoms with Gasteiger partial charge in [-0.2, -0.15) is 0 Å². The zero-order chi connectivity index (χ0) is 21.2. The number of methoxy groups -OCH3 is 1. The molecule has 0 spiro atoms. The number of aromatic amines is 1. The average molecular weight is 410 g/mol. The van der Waals surface area contributed by atoms with E-state index in [1.54, 1.807) is 31.4 Å². The third-order valence-corrected chi connectivity index (χ3v) is 4.89. The van der Waals surface area contributed by atoms with Gasteiger partial charge in [0.25, 0.3) is 5.91 Å². The Labute approximate surface area is 177 Å². The molecule has 2 N–H and O–H groups in total. The minimum absolute atomic E-state index is 0.244. The van der Waals surface area contributed by atoms with Crippen molar-refractivity contribution >= 4 is 27.9 Å². The van der Waals surface area contributed by atoms with E-state index >= 15 is 0 Å². The van der Waals surface area contributed by atoms with Gasteiger partial charge in [0.05, 0.1) is 23.7 Å². The molecule has 0 bridgehead atoms. The van der Waals surface area contributed by atoms with Crippen LogP contribution in [-0.2, 0) is 0 Å². The minimum Gasteiger partial charge on any atom is -0.497 e. The lowest BCUT2D eigenvalue weighted by molar-refractivity contribution is 0.0951. The molecule has 0 saturated heterocycles. The molecule has 0 aliphatic carbocycles. The van der Waals surface area contributed by atoms with Gasteiger partial charge in [0.1, 0.15) is 17.2 Å². The van der Waals surface area contributed by atoms with E-state index in [2.05, 4.69) is 20.5 Å². The fourth-order valence-electron chi connectivity index (χ4n) is 3.33. The highest BCUT2D eigenvalue weighted by Gasteiger charge is 2.12. The first-order chi connectivity index (χ1) is 15.2. The molecule has 3 aromatic carbocycles. The highest BCUT2D eigenvalue weighted by atomic mass is 16.5. The number of carbonyl (C=O) groups excluding carboxylic acids is 1. The SMILES string of the molecule is COc1cccc(C(=O)N/N=c2\oc3ccccc3cc2-c2nc3ccccc3[nH]2)c1. The van der Waals surface area contributed by atoms with Gasteiger partial charge in [-0.3, -0.25) is 4.79 Å². The summed E-state index contributed by atoms with van der Waals surface area (Å²) in [6.07, 6.45) is 0. The zero-order valence-electron chi connectivity index (χ0n) is 16.6. The Kier molecular flexibility index (Phi) is 4.68. The number of aromatic nitrogens is 2. The minimum atomic E-state index is -0.377. The van der Waals surface area contributed by atoms with Crippen molar-refractivity contribution in [3.8, 4) is 17.1 Å². The molecule has 5 aromatic rings. The number of ether oxygens (including phenoxy) is 1. The van der Waals surface area contributed by atoms with Crippen molar-refractivity contribution in [1.29, 1.82) is 0 Å². The molecule has 7 heteroatoms. The van der Waals surface area contributed by atoms with Gasteiger partial charge in [-0.05, 0) is 42.5 Å². The van der Waals surface area contributed by atoms with E-state index in [1.807, 2.05) is 54.6 Å². The first-order valence-corrected chi connectivity index (χ1v) is 9.67. The Morgan fingerprint density at radius 3 is 2.74 bits per heavy atom. The normalized spacial score (nSPS) is 11.7. The van der Waals surface area contributed by atoms with Crippen LogP contribution in [0.1, 0.15) is 10.4 Å². The number of carbonyl (C=O) groups is 1. The van der Waals surface area contributed by atoms with E-state index in [0.717, 1.165) is 16.4 Å². The van der Waals surface area contributed by atoms with Gasteiger partial charge in [0.15, 0.2) is 0 Å². The molecule has 0 atom stereocenters. The van der Waals surface area contributed by atoms with Crippen molar-refractivity contribution in [2.45, 2.75) is 0 Å². The predicted molar refractivity (Wildman–Crippen MR) is 117 cm³/mol. The van der Waals surface area contributed by atoms with Crippen molar-refractivity contribution < 1.29 is 13.9 Å². The van der Waals surface area contributed by atoms with Gasteiger partial charge in [0, 0.05) is 10.9 Å². The number of nitrogens with one attached hydrogen (secondary N) is 2. The van der Waals surface area contributed by atoms with Gasteiger partial charge < -0.3 is 14.1 Å². The molecule has 0 unspecified atom stereocenters. The van der Waals surface area contributed by atoms with Crippen LogP contribution in [0.15, 0.2) is 88.4 Å². The number of para-hydroxylation sites is 3. The lowest BCUT2D eigenvalue weighted by Crippen LogP contribution is -2.22. The molecule has 2 heterocycles. The third kappa shape index (κ3) is 3.64. The van der Waals surface area contributed by atoms with Gasteiger partial charge in [-0.25, -0.2) is 10.4 Å². The molecular weight excluding hydrogens is 392 g/mol. The Hall–Kier alpha value is -4.39. The van der Waals surface area contributed by atoms with Crippen LogP contribution in [0.3, 0.4) is 0 Å². The summed E-state index contributed by atoms with van der Waals surface area (Å²) in [5.41, 5.74) is 6.26. The fourth-order valence-corrected chi connectivity index (χ4v) is 3.33. The second kappa shape index (κ2) is 7.79. The van der Waals surface area contributed by atoms with E-state index in [1.165, 1.54) is 0 Å². The van der Waals surface area contributed by atoms with Crippen LogP contribution < -0.4 is 15.7 Å². The van der Waals surface area contributed by atoms with Crippen molar-refractivity contribution in [2.24, 2.45) is 5.10 Å². The van der Waals surface area contributed by atoms with Gasteiger partial charge in [0.2, 0.25) is 5.55 Å². The topological polar surface area (TPSA) is 92.5 Å². The van der Waals surface area contributed by atoms with Crippen molar-refractivity contribution in [2.75, 3.05) is 7.11 Å². The quantitative estimate of drug-likeness (QED) is 0.434. The number of benzene rings is 3. The Morgan fingerprint density at radius 1 is 1.03 bits per heavy atom. The maximum Gasteiger partial charge on any atom is 0.271 e. The summed E-state index contributed by atoms with van der Waals surface area (Å²) in [6.45, 7) is 0. The summed E-state index contributed by atoms with van der Waals surface area (Å²) in [4.78, 5) is 20.6. The summed E-state index contributed by atoms with van der Waals surface area (Å²) < 4.78 is 11.2. The van der Waals surface area contributed by atoms with Crippen LogP contribution in [0.25, 0.3) is 33.4 Å². The first kappa shape index (κ1) is 18.6. The van der Waals surface area contributed by atoms with E-state index in [4.69, 9.17) is 9.15 Å². The molecule has 31 heavy (non-hydrogen) atoms. The number of hydrogen-bond donors (Lipinski definition) is 2. The number of H-pyrrole nitrogens is 1. The van der Waals surface area contributed by atoms with Crippen LogP contribution >= 0.6 is 0 Å². The molecule has 0 aliphatic rings. The van der Waals surface area contributed by atoms with Crippen molar-refractivity contribution in [3.63, 3.8) is 0 Å². The molecule has 0 radical (unpaired) electrons. The first-order valence-electron chi connectivity index (χ1n) is 9.67. The smallest absolute Gasteiger partial charge is 0.271 e. The second-order valence-electron chi connectivity index (χ2n) is 6.89. The third-order valence-electron chi connectivity index (χ3n) is 4.89. The van der Waals surface area contributed by atoms with E-state index < -0.39 is 0 Å². The van der Waals surface area contributed by atoms with Crippen LogP contribution in [-0.4, -0.2) is 23.0 Å². The lowest BCUT2D eigenvalue weighted by Gasteiger charge is -2.04. The summed E-state index contributed by atoms with van der Waals surface area (Å²) in [5.74, 6) is 0.814. The fraction of sp³-hybridized carbons (Fsp3) is 0.0417. The number of amides is 1. The molecule has 0 saturated carbocycles. The van der Waals surface area contributed by atoms with Gasteiger partial charge in [-0.1, -0.05) is 36.4 Å². The van der Waals surface area contributed by atoms with Crippen molar-refractivity contribution in [1.82, 2.24) is 15.4 Å². The monoisotopic (exact) mass is 410 g/mol. The Bertz CT molecular complexity index is 1450. The highest BCUT2D eigenvalue weighted by Crippen LogP contribution is 2.21. The zero-order valence-corrected chi connectivity index (χ0v) is 16.6. The molecule has 0 fully saturated rings. The van der Waals surface area contributed by atoms with Gasteiger partial charge in [-0.15, -0.1) is 5.10 Å². The standard InChI is InChI=1S/C24H18N4O3/c1-30-17-9-6-8-16(13-17)23(29)27-28-24-18(14-15-7-2-5-12-21(15)31-24)22-25-19-10-3-4-11-20(19)26-22/h2-14H,1H3,(H,25,26)(H,27,29)/b28-24-. The number of hydrogen-bond acceptors (Lipinski definition) is 5. The molecular formula is C24H18N4O3. The number of imidazole rings is 1. The number of nitrogens with zero attached hydrogens (tertiary/aromatic N) is 2. The molecule has 1 amide bonds. The van der Waals surface area contributed by atoms with Crippen LogP contribution in [0.2, 0.25) is 0 Å². The molecule has 152 valence electrons. The lowest BCUT2D eigenvalue weighted by atomic mass is 10.2. The van der Waals surface area contributed by atoms with Crippen LogP contribution in [0, 0.1) is 0 Å². The highest BCUT2D eigenvalue weighted by molar-refractivity contribution is 5.94. The van der Waals surface area contributed by atoms with E-state index in [-0.39, 0.29) is 11.5 Å². The summed E-state index contributed by atoms with van der Waals surface area (Å²) in [5, 5.41) is 5.17.